The highest BCUT2D eigenvalue weighted by atomic mass is 16.6. The van der Waals surface area contributed by atoms with Gasteiger partial charge < -0.3 is 9.64 Å². The van der Waals surface area contributed by atoms with Gasteiger partial charge in [-0.3, -0.25) is 4.79 Å². The number of amides is 1. The molecule has 2 aliphatic heterocycles. The van der Waals surface area contributed by atoms with Crippen LogP contribution in [0, 0.1) is 0 Å². The van der Waals surface area contributed by atoms with Gasteiger partial charge in [-0.05, 0) is 18.1 Å². The van der Waals surface area contributed by atoms with Crippen molar-refractivity contribution >= 4 is 5.91 Å². The quantitative estimate of drug-likeness (QED) is 0.674. The fourth-order valence-corrected chi connectivity index (χ4v) is 2.07. The third kappa shape index (κ3) is 1.63. The summed E-state index contributed by atoms with van der Waals surface area (Å²) in [5, 5.41) is 0. The van der Waals surface area contributed by atoms with Gasteiger partial charge in [-0.15, -0.1) is 0 Å². The fraction of sp³-hybridized carbons (Fsp3) is 0.417. The van der Waals surface area contributed by atoms with Crippen LogP contribution < -0.4 is 0 Å². The molecule has 0 aromatic heterocycles. The van der Waals surface area contributed by atoms with Crippen molar-refractivity contribution in [2.24, 2.45) is 0 Å². The van der Waals surface area contributed by atoms with Gasteiger partial charge in [-0.25, -0.2) is 0 Å². The van der Waals surface area contributed by atoms with Crippen molar-refractivity contribution in [3.63, 3.8) is 0 Å². The SMILES string of the molecule is O=C1c2ccccc2CCN1C[C@H]1CO1. The molecule has 1 atom stereocenters. The third-order valence-corrected chi connectivity index (χ3v) is 3.01. The predicted molar refractivity (Wildman–Crippen MR) is 55.8 cm³/mol. The van der Waals surface area contributed by atoms with Crippen LogP contribution >= 0.6 is 0 Å². The lowest BCUT2D eigenvalue weighted by atomic mass is 9.99. The lowest BCUT2D eigenvalue weighted by Crippen LogP contribution is -2.39. The maximum atomic E-state index is 12.1. The molecule has 78 valence electrons. The molecular formula is C12H13NO2. The van der Waals surface area contributed by atoms with E-state index in [0.29, 0.717) is 6.10 Å². The summed E-state index contributed by atoms with van der Waals surface area (Å²) in [6, 6.07) is 7.87. The molecule has 0 radical (unpaired) electrons. The number of ether oxygens (including phenoxy) is 1. The van der Waals surface area contributed by atoms with Crippen LogP contribution in [0.4, 0.5) is 0 Å². The van der Waals surface area contributed by atoms with Crippen LogP contribution in [0.15, 0.2) is 24.3 Å². The first-order chi connectivity index (χ1) is 7.34. The average molecular weight is 203 g/mol. The van der Waals surface area contributed by atoms with Crippen LogP contribution in [0.25, 0.3) is 0 Å². The molecule has 3 heteroatoms. The summed E-state index contributed by atoms with van der Waals surface area (Å²) in [7, 11) is 0. The lowest BCUT2D eigenvalue weighted by molar-refractivity contribution is 0.0727. The van der Waals surface area contributed by atoms with Gasteiger partial charge in [0, 0.05) is 18.7 Å². The van der Waals surface area contributed by atoms with Crippen LogP contribution in [-0.2, 0) is 11.2 Å². The monoisotopic (exact) mass is 203 g/mol. The molecule has 3 rings (SSSR count). The van der Waals surface area contributed by atoms with Gasteiger partial charge in [-0.2, -0.15) is 0 Å². The van der Waals surface area contributed by atoms with Crippen molar-refractivity contribution in [2.45, 2.75) is 12.5 Å². The molecule has 0 saturated carbocycles. The lowest BCUT2D eigenvalue weighted by Gasteiger charge is -2.27. The molecule has 1 fully saturated rings. The van der Waals surface area contributed by atoms with Crippen molar-refractivity contribution < 1.29 is 9.53 Å². The second-order valence-electron chi connectivity index (χ2n) is 4.11. The number of fused-ring (bicyclic) bond motifs is 1. The number of benzene rings is 1. The Morgan fingerprint density at radius 2 is 2.20 bits per heavy atom. The van der Waals surface area contributed by atoms with Crippen LogP contribution in [0.3, 0.4) is 0 Å². The van der Waals surface area contributed by atoms with E-state index in [0.717, 1.165) is 31.7 Å². The van der Waals surface area contributed by atoms with Gasteiger partial charge >= 0.3 is 0 Å². The minimum Gasteiger partial charge on any atom is -0.371 e. The first kappa shape index (κ1) is 8.92. The van der Waals surface area contributed by atoms with Crippen molar-refractivity contribution in [1.82, 2.24) is 4.90 Å². The molecule has 0 bridgehead atoms. The number of carbonyl (C=O) groups is 1. The minimum absolute atomic E-state index is 0.160. The number of epoxide rings is 1. The van der Waals surface area contributed by atoms with Crippen LogP contribution in [0.2, 0.25) is 0 Å². The zero-order chi connectivity index (χ0) is 10.3. The van der Waals surface area contributed by atoms with Crippen molar-refractivity contribution in [2.75, 3.05) is 19.7 Å². The normalized spacial score (nSPS) is 23.9. The molecule has 3 nitrogen and oxygen atoms in total. The molecule has 2 aliphatic rings. The standard InChI is InChI=1S/C12H13NO2/c14-12-11-4-2-1-3-9(11)5-6-13(12)7-10-8-15-10/h1-4,10H,5-8H2/t10-/m0/s1. The van der Waals surface area contributed by atoms with E-state index in [4.69, 9.17) is 4.74 Å². The smallest absolute Gasteiger partial charge is 0.254 e. The summed E-state index contributed by atoms with van der Waals surface area (Å²) in [5.41, 5.74) is 2.04. The summed E-state index contributed by atoms with van der Waals surface area (Å²) in [6.45, 7) is 2.40. The second-order valence-corrected chi connectivity index (χ2v) is 4.11. The molecule has 1 aromatic carbocycles. The fourth-order valence-electron chi connectivity index (χ4n) is 2.07. The van der Waals surface area contributed by atoms with Gasteiger partial charge in [0.1, 0.15) is 0 Å². The molecule has 1 aromatic rings. The summed E-state index contributed by atoms with van der Waals surface area (Å²) < 4.78 is 5.15. The Morgan fingerprint density at radius 3 is 3.00 bits per heavy atom. The Bertz CT molecular complexity index is 398. The van der Waals surface area contributed by atoms with Crippen molar-refractivity contribution in [3.8, 4) is 0 Å². The summed E-state index contributed by atoms with van der Waals surface area (Å²) >= 11 is 0. The summed E-state index contributed by atoms with van der Waals surface area (Å²) in [4.78, 5) is 14.0. The van der Waals surface area contributed by atoms with Gasteiger partial charge in [0.2, 0.25) is 0 Å². The van der Waals surface area contributed by atoms with E-state index in [1.165, 1.54) is 5.56 Å². The molecule has 0 N–H and O–H groups in total. The largest absolute Gasteiger partial charge is 0.371 e. The molecule has 1 saturated heterocycles. The van der Waals surface area contributed by atoms with Crippen LogP contribution in [0.1, 0.15) is 15.9 Å². The van der Waals surface area contributed by atoms with Crippen molar-refractivity contribution in [1.29, 1.82) is 0 Å². The maximum absolute atomic E-state index is 12.1. The number of hydrogen-bond acceptors (Lipinski definition) is 2. The summed E-state index contributed by atoms with van der Waals surface area (Å²) in [6.07, 6.45) is 1.26. The predicted octanol–water partition coefficient (Wildman–Crippen LogP) is 1.08. The second kappa shape index (κ2) is 3.35. The first-order valence-electron chi connectivity index (χ1n) is 5.33. The molecule has 0 unspecified atom stereocenters. The highest BCUT2D eigenvalue weighted by Crippen LogP contribution is 2.20. The summed E-state index contributed by atoms with van der Waals surface area (Å²) in [5.74, 6) is 0.160. The van der Waals surface area contributed by atoms with E-state index in [1.807, 2.05) is 29.2 Å². The third-order valence-electron chi connectivity index (χ3n) is 3.01. The molecule has 1 amide bonds. The Hall–Kier alpha value is -1.35. The van der Waals surface area contributed by atoms with Crippen LogP contribution in [-0.4, -0.2) is 36.6 Å². The molecule has 15 heavy (non-hydrogen) atoms. The van der Waals surface area contributed by atoms with E-state index in [9.17, 15) is 4.79 Å². The van der Waals surface area contributed by atoms with E-state index in [-0.39, 0.29) is 5.91 Å². The Morgan fingerprint density at radius 1 is 1.40 bits per heavy atom. The van der Waals surface area contributed by atoms with Gasteiger partial charge in [-0.1, -0.05) is 18.2 Å². The topological polar surface area (TPSA) is 32.8 Å². The maximum Gasteiger partial charge on any atom is 0.254 e. The molecule has 2 heterocycles. The molecule has 0 aliphatic carbocycles. The highest BCUT2D eigenvalue weighted by molar-refractivity contribution is 5.96. The molecular weight excluding hydrogens is 190 g/mol. The zero-order valence-corrected chi connectivity index (χ0v) is 8.48. The van der Waals surface area contributed by atoms with Crippen LogP contribution in [0.5, 0.6) is 0 Å². The number of rotatable bonds is 2. The molecule has 0 spiro atoms. The Balaban J connectivity index is 1.84. The first-order valence-corrected chi connectivity index (χ1v) is 5.33. The van der Waals surface area contributed by atoms with Gasteiger partial charge in [0.05, 0.1) is 12.7 Å². The Labute approximate surface area is 88.6 Å². The van der Waals surface area contributed by atoms with Gasteiger partial charge in [0.25, 0.3) is 5.91 Å². The number of nitrogens with zero attached hydrogens (tertiary/aromatic N) is 1. The minimum atomic E-state index is 0.160. The Kier molecular flexibility index (Phi) is 1.99. The zero-order valence-electron chi connectivity index (χ0n) is 8.48. The number of hydrogen-bond donors (Lipinski definition) is 0. The highest BCUT2D eigenvalue weighted by Gasteiger charge is 2.30. The average Bonchev–Trinajstić information content (AvgIpc) is 3.07. The van der Waals surface area contributed by atoms with E-state index in [1.54, 1.807) is 0 Å². The van der Waals surface area contributed by atoms with E-state index >= 15 is 0 Å². The van der Waals surface area contributed by atoms with Gasteiger partial charge in [0.15, 0.2) is 0 Å². The van der Waals surface area contributed by atoms with Crippen molar-refractivity contribution in [3.05, 3.63) is 35.4 Å². The number of carbonyl (C=O) groups excluding carboxylic acids is 1. The van der Waals surface area contributed by atoms with E-state index < -0.39 is 0 Å². The van der Waals surface area contributed by atoms with E-state index in [2.05, 4.69) is 0 Å².